The average molecular weight is 429 g/mol. The number of aliphatic hydroxyl groups is 1. The van der Waals surface area contributed by atoms with Crippen LogP contribution in [0.1, 0.15) is 25.0 Å². The van der Waals surface area contributed by atoms with Crippen molar-refractivity contribution in [1.82, 2.24) is 39.9 Å². The second-order valence-corrected chi connectivity index (χ2v) is 8.15. The van der Waals surface area contributed by atoms with Gasteiger partial charge >= 0.3 is 0 Å². The number of H-pyrrole nitrogens is 2. The third kappa shape index (κ3) is 3.02. The van der Waals surface area contributed by atoms with Gasteiger partial charge in [0.2, 0.25) is 0 Å². The number of hydrogen-bond donors (Lipinski definition) is 3. The van der Waals surface area contributed by atoms with E-state index in [0.717, 1.165) is 46.7 Å². The molecule has 6 heterocycles. The fourth-order valence-corrected chi connectivity index (χ4v) is 4.45. The van der Waals surface area contributed by atoms with Crippen LogP contribution in [0.5, 0.6) is 0 Å². The number of nitrogens with one attached hydrogen (secondary N) is 2. The van der Waals surface area contributed by atoms with Gasteiger partial charge in [0.1, 0.15) is 11.0 Å². The molecule has 10 nitrogen and oxygen atoms in total. The van der Waals surface area contributed by atoms with Crippen molar-refractivity contribution >= 4 is 27.9 Å². The summed E-state index contributed by atoms with van der Waals surface area (Å²) >= 11 is 0. The van der Waals surface area contributed by atoms with Crippen molar-refractivity contribution in [3.8, 4) is 22.8 Å². The number of aryl methyl sites for hydroxylation is 1. The summed E-state index contributed by atoms with van der Waals surface area (Å²) in [5, 5.41) is 21.5. The molecule has 0 unspecified atom stereocenters. The monoisotopic (exact) mass is 429 g/mol. The number of rotatable bonds is 4. The summed E-state index contributed by atoms with van der Waals surface area (Å²) in [5.74, 6) is 1.57. The number of imidazole rings is 1. The molecule has 0 radical (unpaired) electrons. The highest BCUT2D eigenvalue weighted by molar-refractivity contribution is 5.94. The Kier molecular flexibility index (Phi) is 4.39. The van der Waals surface area contributed by atoms with Crippen LogP contribution >= 0.6 is 0 Å². The number of aliphatic hydroxyl groups excluding tert-OH is 1. The molecule has 6 rings (SSSR count). The summed E-state index contributed by atoms with van der Waals surface area (Å²) in [7, 11) is 1.83. The molecule has 1 aliphatic rings. The molecule has 162 valence electrons. The van der Waals surface area contributed by atoms with Crippen LogP contribution < -0.4 is 4.90 Å². The van der Waals surface area contributed by atoms with Gasteiger partial charge < -0.3 is 15.0 Å². The van der Waals surface area contributed by atoms with E-state index in [1.165, 1.54) is 19.3 Å². The topological polar surface area (TPSA) is 124 Å². The van der Waals surface area contributed by atoms with Gasteiger partial charge in [0.25, 0.3) is 0 Å². The Balaban J connectivity index is 1.46. The first kappa shape index (κ1) is 18.9. The lowest BCUT2D eigenvalue weighted by Gasteiger charge is -2.27. The van der Waals surface area contributed by atoms with Crippen molar-refractivity contribution in [3.05, 3.63) is 36.3 Å². The molecule has 32 heavy (non-hydrogen) atoms. The number of nitrogens with zero attached hydrogens (tertiary/aromatic N) is 7. The first-order valence-electron chi connectivity index (χ1n) is 10.8. The Morgan fingerprint density at radius 2 is 1.91 bits per heavy atom. The van der Waals surface area contributed by atoms with Crippen LogP contribution in [-0.2, 0) is 13.7 Å². The summed E-state index contributed by atoms with van der Waals surface area (Å²) in [4.78, 5) is 20.1. The molecule has 5 aromatic rings. The third-order valence-corrected chi connectivity index (χ3v) is 6.00. The van der Waals surface area contributed by atoms with E-state index in [1.54, 1.807) is 4.68 Å². The van der Waals surface area contributed by atoms with Crippen LogP contribution in [0.4, 0.5) is 5.82 Å². The van der Waals surface area contributed by atoms with Crippen molar-refractivity contribution in [3.63, 3.8) is 0 Å². The van der Waals surface area contributed by atoms with Gasteiger partial charge in [-0.25, -0.2) is 15.0 Å². The van der Waals surface area contributed by atoms with Crippen LogP contribution in [-0.4, -0.2) is 58.1 Å². The minimum Gasteiger partial charge on any atom is -0.390 e. The number of pyridine rings is 2. The number of hydrogen-bond acceptors (Lipinski definition) is 7. The zero-order chi connectivity index (χ0) is 21.7. The highest BCUT2D eigenvalue weighted by atomic mass is 16.3. The summed E-state index contributed by atoms with van der Waals surface area (Å²) in [5.41, 5.74) is 6.07. The van der Waals surface area contributed by atoms with Gasteiger partial charge in [-0.2, -0.15) is 10.2 Å². The molecule has 0 atom stereocenters. The maximum absolute atomic E-state index is 9.67. The predicted molar refractivity (Wildman–Crippen MR) is 121 cm³/mol. The van der Waals surface area contributed by atoms with Crippen molar-refractivity contribution < 1.29 is 5.11 Å². The van der Waals surface area contributed by atoms with Crippen LogP contribution in [0.15, 0.2) is 30.6 Å². The van der Waals surface area contributed by atoms with Gasteiger partial charge in [-0.3, -0.25) is 9.78 Å². The Morgan fingerprint density at radius 3 is 2.75 bits per heavy atom. The lowest BCUT2D eigenvalue weighted by Crippen LogP contribution is -2.30. The average Bonchev–Trinajstić information content (AvgIpc) is 3.54. The second kappa shape index (κ2) is 7.41. The van der Waals surface area contributed by atoms with Gasteiger partial charge in [0.15, 0.2) is 17.3 Å². The lowest BCUT2D eigenvalue weighted by atomic mass is 10.1. The highest BCUT2D eigenvalue weighted by Gasteiger charge is 2.20. The molecule has 0 aliphatic carbocycles. The van der Waals surface area contributed by atoms with Crippen molar-refractivity contribution in [1.29, 1.82) is 0 Å². The van der Waals surface area contributed by atoms with E-state index in [1.807, 2.05) is 37.6 Å². The minimum absolute atomic E-state index is 0.149. The molecular formula is C22H23N9O. The quantitative estimate of drug-likeness (QED) is 0.401. The van der Waals surface area contributed by atoms with Gasteiger partial charge in [-0.05, 0) is 37.5 Å². The zero-order valence-corrected chi connectivity index (χ0v) is 17.7. The highest BCUT2D eigenvalue weighted by Crippen LogP contribution is 2.31. The fourth-order valence-electron chi connectivity index (χ4n) is 4.45. The number of anilines is 1. The smallest absolute Gasteiger partial charge is 0.161 e. The molecule has 1 saturated heterocycles. The van der Waals surface area contributed by atoms with E-state index < -0.39 is 0 Å². The Bertz CT molecular complexity index is 1420. The largest absolute Gasteiger partial charge is 0.390 e. The first-order valence-corrected chi connectivity index (χ1v) is 10.8. The summed E-state index contributed by atoms with van der Waals surface area (Å²) in [6, 6.07) is 5.78. The van der Waals surface area contributed by atoms with Gasteiger partial charge in [-0.15, -0.1) is 0 Å². The third-order valence-electron chi connectivity index (χ3n) is 6.00. The molecule has 0 aromatic carbocycles. The van der Waals surface area contributed by atoms with E-state index in [-0.39, 0.29) is 6.61 Å². The fraction of sp³-hybridized carbons (Fsp3) is 0.318. The standard InChI is InChI=1S/C22H23N9O/c1-30-11-13(17(12-32)29-30)14-5-6-16-18(24-14)20(28-27-16)21-25-15-7-8-23-22(19(15)26-21)31-9-3-2-4-10-31/h5-8,11,32H,2-4,9-10,12H2,1H3,(H,25,26)(H,27,28). The molecule has 5 aromatic heterocycles. The van der Waals surface area contributed by atoms with Crippen molar-refractivity contribution in [2.75, 3.05) is 18.0 Å². The minimum atomic E-state index is -0.149. The SMILES string of the molecule is Cn1cc(-c2ccc3[nH]nc(-c4nc5c(N6CCCCC6)nccc5[nH]4)c3n2)c(CO)n1. The van der Waals surface area contributed by atoms with E-state index in [2.05, 4.69) is 30.2 Å². The maximum atomic E-state index is 9.67. The molecule has 10 heteroatoms. The molecule has 3 N–H and O–H groups in total. The second-order valence-electron chi connectivity index (χ2n) is 8.15. The van der Waals surface area contributed by atoms with E-state index >= 15 is 0 Å². The van der Waals surface area contributed by atoms with Gasteiger partial charge in [0.05, 0.1) is 29.0 Å². The number of aromatic amines is 2. The van der Waals surface area contributed by atoms with Crippen LogP contribution in [0.2, 0.25) is 0 Å². The Hall–Kier alpha value is -3.79. The van der Waals surface area contributed by atoms with E-state index in [4.69, 9.17) is 9.97 Å². The van der Waals surface area contributed by atoms with Crippen LogP contribution in [0.25, 0.3) is 44.8 Å². The van der Waals surface area contributed by atoms with Gasteiger partial charge in [-0.1, -0.05) is 0 Å². The molecule has 1 fully saturated rings. The normalized spacial score (nSPS) is 14.6. The molecule has 0 spiro atoms. The van der Waals surface area contributed by atoms with Crippen molar-refractivity contribution in [2.45, 2.75) is 25.9 Å². The lowest BCUT2D eigenvalue weighted by molar-refractivity contribution is 0.276. The molecule has 0 saturated carbocycles. The Labute approximate surface area is 183 Å². The number of piperidine rings is 1. The first-order chi connectivity index (χ1) is 15.7. The van der Waals surface area contributed by atoms with E-state index in [9.17, 15) is 5.11 Å². The number of aromatic nitrogens is 8. The summed E-state index contributed by atoms with van der Waals surface area (Å²) < 4.78 is 1.68. The number of fused-ring (bicyclic) bond motifs is 2. The molecule has 0 amide bonds. The Morgan fingerprint density at radius 1 is 1.03 bits per heavy atom. The summed E-state index contributed by atoms with van der Waals surface area (Å²) in [6.07, 6.45) is 7.30. The molecule has 0 bridgehead atoms. The maximum Gasteiger partial charge on any atom is 0.161 e. The molecule has 1 aliphatic heterocycles. The van der Waals surface area contributed by atoms with Crippen molar-refractivity contribution in [2.24, 2.45) is 7.05 Å². The van der Waals surface area contributed by atoms with Crippen LogP contribution in [0.3, 0.4) is 0 Å². The molecular weight excluding hydrogens is 406 g/mol. The zero-order valence-electron chi connectivity index (χ0n) is 17.7. The summed E-state index contributed by atoms with van der Waals surface area (Å²) in [6.45, 7) is 1.86. The van der Waals surface area contributed by atoms with E-state index in [0.29, 0.717) is 22.7 Å². The predicted octanol–water partition coefficient (Wildman–Crippen LogP) is 2.78. The van der Waals surface area contributed by atoms with Gasteiger partial charge in [0, 0.05) is 38.1 Å². The van der Waals surface area contributed by atoms with Crippen LogP contribution in [0, 0.1) is 0 Å².